The fraction of sp³-hybridized carbons (Fsp3) is 0.292. The summed E-state index contributed by atoms with van der Waals surface area (Å²) in [4.78, 5) is 26.0. The summed E-state index contributed by atoms with van der Waals surface area (Å²) in [6.45, 7) is 4.70. The summed E-state index contributed by atoms with van der Waals surface area (Å²) in [5.41, 5.74) is 4.26. The maximum atomic E-state index is 14.0. The highest BCUT2D eigenvalue weighted by Crippen LogP contribution is 2.28. The van der Waals surface area contributed by atoms with Crippen LogP contribution in [0, 0.1) is 19.7 Å². The number of hydrogen-bond donors (Lipinski definition) is 2. The Morgan fingerprint density at radius 1 is 1.19 bits per heavy atom. The van der Waals surface area contributed by atoms with Crippen molar-refractivity contribution in [1.82, 2.24) is 9.78 Å². The van der Waals surface area contributed by atoms with E-state index in [0.29, 0.717) is 17.9 Å². The third-order valence-corrected chi connectivity index (χ3v) is 5.60. The molecule has 0 unspecified atom stereocenters. The lowest BCUT2D eigenvalue weighted by molar-refractivity contribution is 0.0696. The molecule has 1 heterocycles. The first-order valence-electron chi connectivity index (χ1n) is 10.3. The molecule has 0 bridgehead atoms. The Bertz CT molecular complexity index is 1160. The number of aromatic nitrogens is 2. The Morgan fingerprint density at radius 2 is 1.91 bits per heavy atom. The summed E-state index contributed by atoms with van der Waals surface area (Å²) in [6, 6.07) is 10.2. The number of hydrogen-bond acceptors (Lipinski definition) is 4. The van der Waals surface area contributed by atoms with Gasteiger partial charge >= 0.3 is 5.97 Å². The maximum Gasteiger partial charge on any atom is 0.335 e. The Labute approximate surface area is 186 Å². The number of aromatic carboxylic acids is 1. The third-order valence-electron chi connectivity index (χ3n) is 5.60. The van der Waals surface area contributed by atoms with Crippen molar-refractivity contribution in [3.8, 4) is 0 Å². The number of aryl methyl sites for hydroxylation is 2. The molecule has 0 spiro atoms. The second-order valence-corrected chi connectivity index (χ2v) is 7.77. The number of carbonyl (C=O) groups excluding carboxylic acids is 1. The van der Waals surface area contributed by atoms with E-state index in [9.17, 15) is 19.1 Å². The van der Waals surface area contributed by atoms with Crippen LogP contribution in [-0.4, -0.2) is 40.4 Å². The number of carboxylic acid groups (broad SMARTS) is 1. The lowest BCUT2D eigenvalue weighted by Crippen LogP contribution is -2.22. The number of halogens is 1. The maximum absolute atomic E-state index is 14.0. The number of carbonyl (C=O) groups is 2. The first-order valence-corrected chi connectivity index (χ1v) is 10.3. The second kappa shape index (κ2) is 9.64. The third kappa shape index (κ3) is 4.96. The molecule has 8 heteroatoms. The van der Waals surface area contributed by atoms with Gasteiger partial charge in [-0.1, -0.05) is 12.1 Å². The van der Waals surface area contributed by atoms with Gasteiger partial charge in [-0.15, -0.1) is 0 Å². The number of nitrogens with one attached hydrogen (secondary N) is 1. The molecule has 0 aliphatic carbocycles. The van der Waals surface area contributed by atoms with Gasteiger partial charge in [0.15, 0.2) is 0 Å². The first kappa shape index (κ1) is 23.0. The van der Waals surface area contributed by atoms with E-state index in [4.69, 9.17) is 0 Å². The quantitative estimate of drug-likeness (QED) is 0.551. The van der Waals surface area contributed by atoms with E-state index in [1.165, 1.54) is 35.9 Å². The largest absolute Gasteiger partial charge is 0.478 e. The smallest absolute Gasteiger partial charge is 0.335 e. The van der Waals surface area contributed by atoms with Crippen molar-refractivity contribution in [1.29, 1.82) is 0 Å². The van der Waals surface area contributed by atoms with Crippen LogP contribution >= 0.6 is 0 Å². The fourth-order valence-electron chi connectivity index (χ4n) is 3.73. The molecule has 3 rings (SSSR count). The van der Waals surface area contributed by atoms with E-state index in [1.54, 1.807) is 12.1 Å². The minimum absolute atomic E-state index is 0.0348. The minimum atomic E-state index is -1.11. The number of carboxylic acids is 1. The highest BCUT2D eigenvalue weighted by Gasteiger charge is 2.17. The van der Waals surface area contributed by atoms with Gasteiger partial charge < -0.3 is 15.3 Å². The zero-order valence-corrected chi connectivity index (χ0v) is 18.6. The van der Waals surface area contributed by atoms with E-state index >= 15 is 0 Å². The van der Waals surface area contributed by atoms with Gasteiger partial charge in [-0.25, -0.2) is 9.18 Å². The van der Waals surface area contributed by atoms with Crippen molar-refractivity contribution in [2.75, 3.05) is 23.8 Å². The van der Waals surface area contributed by atoms with E-state index < -0.39 is 17.7 Å². The van der Waals surface area contributed by atoms with E-state index in [0.717, 1.165) is 24.2 Å². The van der Waals surface area contributed by atoms with Crippen LogP contribution in [0.15, 0.2) is 42.5 Å². The number of amides is 1. The SMILES string of the molecule is Cc1nn(C)c(C)c1CCCN(C)c1ccc(C(=O)O)cc1NC(=O)c1ccccc1F. The normalized spacial score (nSPS) is 10.8. The van der Waals surface area contributed by atoms with Crippen molar-refractivity contribution >= 4 is 23.3 Å². The summed E-state index contributed by atoms with van der Waals surface area (Å²) >= 11 is 0. The highest BCUT2D eigenvalue weighted by molar-refractivity contribution is 6.06. The molecule has 0 atom stereocenters. The highest BCUT2D eigenvalue weighted by atomic mass is 19.1. The summed E-state index contributed by atoms with van der Waals surface area (Å²) in [7, 11) is 3.80. The summed E-state index contributed by atoms with van der Waals surface area (Å²) in [5.74, 6) is -2.39. The predicted octanol–water partition coefficient (Wildman–Crippen LogP) is 4.20. The van der Waals surface area contributed by atoms with Crippen molar-refractivity contribution in [2.24, 2.45) is 7.05 Å². The van der Waals surface area contributed by atoms with E-state index in [-0.39, 0.29) is 11.1 Å². The lowest BCUT2D eigenvalue weighted by atomic mass is 10.1. The van der Waals surface area contributed by atoms with Crippen LogP contribution in [0.4, 0.5) is 15.8 Å². The van der Waals surface area contributed by atoms with Gasteiger partial charge in [0.05, 0.1) is 28.2 Å². The summed E-state index contributed by atoms with van der Waals surface area (Å²) < 4.78 is 15.9. The second-order valence-electron chi connectivity index (χ2n) is 7.77. The Kier molecular flexibility index (Phi) is 6.92. The van der Waals surface area contributed by atoms with E-state index in [1.807, 2.05) is 37.5 Å². The molecule has 0 aliphatic heterocycles. The van der Waals surface area contributed by atoms with Crippen LogP contribution in [-0.2, 0) is 13.5 Å². The van der Waals surface area contributed by atoms with Gasteiger partial charge in [-0.2, -0.15) is 5.10 Å². The molecule has 2 aromatic carbocycles. The van der Waals surface area contributed by atoms with E-state index in [2.05, 4.69) is 10.4 Å². The van der Waals surface area contributed by atoms with Gasteiger partial charge in [-0.3, -0.25) is 9.48 Å². The average molecular weight is 439 g/mol. The number of benzene rings is 2. The summed E-state index contributed by atoms with van der Waals surface area (Å²) in [5, 5.41) is 16.5. The molecule has 1 amide bonds. The fourth-order valence-corrected chi connectivity index (χ4v) is 3.73. The molecule has 7 nitrogen and oxygen atoms in total. The van der Waals surface area contributed by atoms with Crippen LogP contribution in [0.25, 0.3) is 0 Å². The molecule has 0 saturated carbocycles. The van der Waals surface area contributed by atoms with Crippen molar-refractivity contribution in [3.63, 3.8) is 0 Å². The van der Waals surface area contributed by atoms with Gasteiger partial charge in [0.25, 0.3) is 5.91 Å². The molecule has 0 saturated heterocycles. The van der Waals surface area contributed by atoms with Crippen LogP contribution in [0.1, 0.15) is 44.1 Å². The average Bonchev–Trinajstić information content (AvgIpc) is 2.99. The molecular weight excluding hydrogens is 411 g/mol. The topological polar surface area (TPSA) is 87.5 Å². The Hall–Kier alpha value is -3.68. The van der Waals surface area contributed by atoms with Crippen molar-refractivity contribution in [2.45, 2.75) is 26.7 Å². The molecule has 168 valence electrons. The number of anilines is 2. The molecular formula is C24H27FN4O3. The molecule has 0 radical (unpaired) electrons. The monoisotopic (exact) mass is 438 g/mol. The molecule has 2 N–H and O–H groups in total. The molecule has 0 aliphatic rings. The van der Waals surface area contributed by atoms with Crippen LogP contribution in [0.2, 0.25) is 0 Å². The number of nitrogens with zero attached hydrogens (tertiary/aromatic N) is 3. The van der Waals surface area contributed by atoms with Crippen molar-refractivity contribution in [3.05, 3.63) is 76.4 Å². The zero-order chi connectivity index (χ0) is 23.4. The predicted molar refractivity (Wildman–Crippen MR) is 122 cm³/mol. The minimum Gasteiger partial charge on any atom is -0.478 e. The zero-order valence-electron chi connectivity index (χ0n) is 18.6. The van der Waals surface area contributed by atoms with Gasteiger partial charge in [0.1, 0.15) is 5.82 Å². The van der Waals surface area contributed by atoms with Crippen LogP contribution in [0.3, 0.4) is 0 Å². The van der Waals surface area contributed by atoms with Gasteiger partial charge in [0.2, 0.25) is 0 Å². The molecule has 0 fully saturated rings. The molecule has 32 heavy (non-hydrogen) atoms. The van der Waals surface area contributed by atoms with Gasteiger partial charge in [-0.05, 0) is 62.6 Å². The Morgan fingerprint density at radius 3 is 2.53 bits per heavy atom. The Balaban J connectivity index is 1.79. The first-order chi connectivity index (χ1) is 15.2. The number of rotatable bonds is 8. The van der Waals surface area contributed by atoms with Crippen LogP contribution in [0.5, 0.6) is 0 Å². The van der Waals surface area contributed by atoms with Crippen molar-refractivity contribution < 1.29 is 19.1 Å². The molecule has 1 aromatic heterocycles. The standard InChI is InChI=1S/C24H27FN4O3/c1-15-18(16(2)29(4)27-15)9-7-13-28(3)22-12-11-17(24(31)32)14-21(22)26-23(30)19-8-5-6-10-20(19)25/h5-6,8,10-12,14H,7,9,13H2,1-4H3,(H,26,30)(H,31,32). The van der Waals surface area contributed by atoms with Crippen LogP contribution < -0.4 is 10.2 Å². The lowest BCUT2D eigenvalue weighted by Gasteiger charge is -2.23. The van der Waals surface area contributed by atoms with Gasteiger partial charge in [0, 0.05) is 26.3 Å². The molecule has 3 aromatic rings. The summed E-state index contributed by atoms with van der Waals surface area (Å²) in [6.07, 6.45) is 1.69.